The van der Waals surface area contributed by atoms with Gasteiger partial charge in [0, 0.05) is 72.3 Å². The largest absolute Gasteiger partial charge is 0.481 e. The van der Waals surface area contributed by atoms with E-state index < -0.39 is 17.7 Å². The maximum absolute atomic E-state index is 13.8. The number of hydrogen-bond donors (Lipinski definition) is 2. The minimum atomic E-state index is -0.778. The Labute approximate surface area is 345 Å². The van der Waals surface area contributed by atoms with E-state index in [9.17, 15) is 24.3 Å². The van der Waals surface area contributed by atoms with Crippen molar-refractivity contribution in [1.29, 1.82) is 0 Å². The number of ether oxygens (including phenoxy) is 2. The molecule has 0 bridgehead atoms. The van der Waals surface area contributed by atoms with Crippen molar-refractivity contribution in [1.82, 2.24) is 29.5 Å². The lowest BCUT2D eigenvalue weighted by atomic mass is 9.97. The molecule has 7 rings (SSSR count). The molecule has 15 heteroatoms. The van der Waals surface area contributed by atoms with E-state index in [0.717, 1.165) is 11.1 Å². The van der Waals surface area contributed by atoms with Gasteiger partial charge in [0.15, 0.2) is 0 Å². The average Bonchev–Trinajstić information content (AvgIpc) is 3.84. The van der Waals surface area contributed by atoms with Crippen LogP contribution in [0, 0.1) is 5.92 Å². The highest BCUT2D eigenvalue weighted by Gasteiger charge is 2.30. The van der Waals surface area contributed by atoms with Crippen molar-refractivity contribution in [2.24, 2.45) is 5.92 Å². The molecule has 2 N–H and O–H groups in total. The third kappa shape index (κ3) is 8.81. The van der Waals surface area contributed by atoms with Crippen LogP contribution in [0.15, 0.2) is 77.9 Å². The minimum absolute atomic E-state index is 0.0501. The number of carbonyl (C=O) groups excluding carboxylic acids is 2. The van der Waals surface area contributed by atoms with Gasteiger partial charge in [0.25, 0.3) is 5.56 Å². The topological polar surface area (TPSA) is 156 Å². The monoisotopic (exact) mass is 826 g/mol. The zero-order chi connectivity index (χ0) is 41.3. The first-order valence-corrected chi connectivity index (χ1v) is 19.8. The van der Waals surface area contributed by atoms with Gasteiger partial charge >= 0.3 is 12.1 Å². The van der Waals surface area contributed by atoms with Crippen molar-refractivity contribution in [2.75, 3.05) is 26.7 Å². The van der Waals surface area contributed by atoms with Crippen molar-refractivity contribution in [2.45, 2.75) is 64.8 Å². The SMILES string of the molecule is COc1nc(-c2cccc(-c3cccc(-c4ccn5c(=O)c(CN(CC6CCC(=O)N6)C(=O)OC(C)(C)C)cnc5c4)c3Cl)c2Cl)ccc1CN1CCC(C(=O)O)C1. The highest BCUT2D eigenvalue weighted by molar-refractivity contribution is 6.39. The summed E-state index contributed by atoms with van der Waals surface area (Å²) < 4.78 is 12.7. The Bertz CT molecular complexity index is 2470. The summed E-state index contributed by atoms with van der Waals surface area (Å²) in [4.78, 5) is 63.2. The van der Waals surface area contributed by atoms with E-state index in [0.29, 0.717) is 88.4 Å². The lowest BCUT2D eigenvalue weighted by Gasteiger charge is -2.29. The summed E-state index contributed by atoms with van der Waals surface area (Å²) in [5, 5.41) is 13.2. The van der Waals surface area contributed by atoms with E-state index in [1.807, 2.05) is 48.5 Å². The number of nitrogens with zero attached hydrogens (tertiary/aromatic N) is 5. The lowest BCUT2D eigenvalue weighted by Crippen LogP contribution is -2.44. The number of hydrogen-bond acceptors (Lipinski definition) is 9. The summed E-state index contributed by atoms with van der Waals surface area (Å²) in [6.07, 6.45) is 4.07. The third-order valence-corrected chi connectivity index (χ3v) is 11.2. The van der Waals surface area contributed by atoms with Gasteiger partial charge in [-0.3, -0.25) is 23.7 Å². The van der Waals surface area contributed by atoms with Crippen LogP contribution in [-0.2, 0) is 27.4 Å². The van der Waals surface area contributed by atoms with E-state index in [1.54, 1.807) is 46.2 Å². The number of pyridine rings is 2. The fourth-order valence-electron chi connectivity index (χ4n) is 7.44. The Kier molecular flexibility index (Phi) is 11.8. The predicted molar refractivity (Wildman–Crippen MR) is 221 cm³/mol. The predicted octanol–water partition coefficient (Wildman–Crippen LogP) is 7.33. The summed E-state index contributed by atoms with van der Waals surface area (Å²) in [5.41, 5.74) is 4.52. The van der Waals surface area contributed by atoms with Crippen LogP contribution >= 0.6 is 23.2 Å². The molecule has 0 radical (unpaired) electrons. The fraction of sp³-hybridized carbons (Fsp3) is 0.349. The van der Waals surface area contributed by atoms with Gasteiger partial charge < -0.3 is 24.8 Å². The second kappa shape index (κ2) is 16.8. The zero-order valence-electron chi connectivity index (χ0n) is 32.6. The number of amides is 2. The number of halogens is 2. The summed E-state index contributed by atoms with van der Waals surface area (Å²) in [7, 11) is 1.56. The second-order valence-electron chi connectivity index (χ2n) is 15.7. The maximum atomic E-state index is 13.8. The average molecular weight is 828 g/mol. The van der Waals surface area contributed by atoms with E-state index >= 15 is 0 Å². The molecule has 2 aliphatic heterocycles. The number of aliphatic carboxylic acids is 1. The van der Waals surface area contributed by atoms with Crippen LogP contribution in [0.5, 0.6) is 5.88 Å². The third-order valence-electron chi connectivity index (χ3n) is 10.3. The van der Waals surface area contributed by atoms with Gasteiger partial charge in [0.2, 0.25) is 11.8 Å². The standard InChI is InChI=1S/C43H44Cl2N6O7/c1-43(2,3)58-42(56)50(24-29-12-14-36(52)47-29)23-28-20-46-35-19-25(16-18-51(35)40(28)53)30-7-5-8-31(37(30)44)32-9-6-10-33(38(32)45)34-13-11-26(39(48-34)57-4)21-49-17-15-27(22-49)41(54)55/h5-11,13,16,18-20,27,29H,12,14-15,17,21-24H2,1-4H3,(H,47,52)(H,54,55). The van der Waals surface area contributed by atoms with E-state index in [1.165, 1.54) is 15.5 Å². The number of likely N-dealkylation sites (tertiary alicyclic amines) is 1. The molecule has 2 amide bonds. The van der Waals surface area contributed by atoms with Gasteiger partial charge in [-0.2, -0.15) is 0 Å². The Morgan fingerprint density at radius 2 is 1.67 bits per heavy atom. The molecular formula is C43H44Cl2N6O7. The molecule has 13 nitrogen and oxygen atoms in total. The number of methoxy groups -OCH3 is 1. The molecule has 302 valence electrons. The Morgan fingerprint density at radius 1 is 0.966 bits per heavy atom. The van der Waals surface area contributed by atoms with Crippen LogP contribution in [-0.4, -0.2) is 85.6 Å². The first kappa shape index (κ1) is 40.7. The number of benzene rings is 2. The normalized spacial score (nSPS) is 17.0. The summed E-state index contributed by atoms with van der Waals surface area (Å²) in [6.45, 7) is 7.13. The smallest absolute Gasteiger partial charge is 0.410 e. The molecule has 2 saturated heterocycles. The van der Waals surface area contributed by atoms with Crippen molar-refractivity contribution in [3.63, 3.8) is 0 Å². The first-order chi connectivity index (χ1) is 27.7. The Morgan fingerprint density at radius 3 is 2.33 bits per heavy atom. The molecular weight excluding hydrogens is 783 g/mol. The van der Waals surface area contributed by atoms with E-state index in [-0.39, 0.29) is 42.1 Å². The van der Waals surface area contributed by atoms with Crippen LogP contribution in [0.2, 0.25) is 10.0 Å². The van der Waals surface area contributed by atoms with Crippen molar-refractivity contribution < 1.29 is 29.0 Å². The van der Waals surface area contributed by atoms with Crippen molar-refractivity contribution in [3.05, 3.63) is 105 Å². The molecule has 2 unspecified atom stereocenters. The minimum Gasteiger partial charge on any atom is -0.481 e. The molecule has 2 atom stereocenters. The van der Waals surface area contributed by atoms with E-state index in [2.05, 4.69) is 15.2 Å². The number of fused-ring (bicyclic) bond motifs is 1. The number of aromatic nitrogens is 3. The molecule has 2 fully saturated rings. The zero-order valence-corrected chi connectivity index (χ0v) is 34.1. The van der Waals surface area contributed by atoms with Gasteiger partial charge in [0.1, 0.15) is 11.2 Å². The van der Waals surface area contributed by atoms with Crippen LogP contribution in [0.3, 0.4) is 0 Å². The molecule has 2 aliphatic rings. The molecule has 0 aliphatic carbocycles. The number of carboxylic acids is 1. The first-order valence-electron chi connectivity index (χ1n) is 19.0. The second-order valence-corrected chi connectivity index (χ2v) is 16.4. The molecule has 5 heterocycles. The maximum Gasteiger partial charge on any atom is 0.410 e. The van der Waals surface area contributed by atoms with Gasteiger partial charge in [-0.25, -0.2) is 14.8 Å². The quantitative estimate of drug-likeness (QED) is 0.138. The summed E-state index contributed by atoms with van der Waals surface area (Å²) >= 11 is 14.3. The number of nitrogens with one attached hydrogen (secondary N) is 1. The molecule has 2 aromatic carbocycles. The Balaban J connectivity index is 1.14. The molecule has 0 spiro atoms. The number of carboxylic acid groups (broad SMARTS) is 1. The molecule has 0 saturated carbocycles. The molecule has 3 aromatic heterocycles. The summed E-state index contributed by atoms with van der Waals surface area (Å²) in [6, 6.07) is 18.4. The highest BCUT2D eigenvalue weighted by Crippen LogP contribution is 2.42. The Hall–Kier alpha value is -5.50. The van der Waals surface area contributed by atoms with Crippen LogP contribution in [0.1, 0.15) is 51.2 Å². The van der Waals surface area contributed by atoms with Gasteiger partial charge in [-0.05, 0) is 63.9 Å². The van der Waals surface area contributed by atoms with Gasteiger partial charge in [-0.15, -0.1) is 0 Å². The fourth-order valence-corrected chi connectivity index (χ4v) is 8.10. The highest BCUT2D eigenvalue weighted by atomic mass is 35.5. The van der Waals surface area contributed by atoms with Gasteiger partial charge in [-0.1, -0.05) is 65.7 Å². The number of rotatable bonds is 11. The summed E-state index contributed by atoms with van der Waals surface area (Å²) in [5.74, 6) is -0.794. The van der Waals surface area contributed by atoms with Crippen molar-refractivity contribution in [3.8, 4) is 39.4 Å². The lowest BCUT2D eigenvalue weighted by molar-refractivity contribution is -0.141. The van der Waals surface area contributed by atoms with Crippen molar-refractivity contribution >= 4 is 46.8 Å². The van der Waals surface area contributed by atoms with Crippen LogP contribution < -0.4 is 15.6 Å². The van der Waals surface area contributed by atoms with E-state index in [4.69, 9.17) is 37.7 Å². The number of carbonyl (C=O) groups is 3. The molecule has 5 aromatic rings. The van der Waals surface area contributed by atoms with Crippen LogP contribution in [0.4, 0.5) is 4.79 Å². The molecule has 58 heavy (non-hydrogen) atoms. The van der Waals surface area contributed by atoms with Crippen LogP contribution in [0.25, 0.3) is 39.2 Å². The van der Waals surface area contributed by atoms with Gasteiger partial charge in [0.05, 0.1) is 40.9 Å².